The Hall–Kier alpha value is -1.88. The maximum absolute atomic E-state index is 11.8. The van der Waals surface area contributed by atoms with Gasteiger partial charge in [0.15, 0.2) is 0 Å². The number of carbonyl (C=O) groups excluding carboxylic acids is 1. The van der Waals surface area contributed by atoms with Crippen LogP contribution in [-0.4, -0.2) is 29.6 Å². The second-order valence-electron chi connectivity index (χ2n) is 4.87. The Balaban J connectivity index is 2.43. The fourth-order valence-electron chi connectivity index (χ4n) is 1.98. The zero-order chi connectivity index (χ0) is 15.0. The van der Waals surface area contributed by atoms with Crippen molar-refractivity contribution in [2.24, 2.45) is 11.7 Å². The Kier molecular flexibility index (Phi) is 6.73. The molecule has 110 valence electrons. The van der Waals surface area contributed by atoms with Gasteiger partial charge in [-0.05, 0) is 18.4 Å². The molecule has 2 atom stereocenters. The van der Waals surface area contributed by atoms with Gasteiger partial charge in [0, 0.05) is 6.54 Å². The zero-order valence-electron chi connectivity index (χ0n) is 11.7. The molecule has 1 unspecified atom stereocenters. The molecule has 0 saturated heterocycles. The van der Waals surface area contributed by atoms with E-state index >= 15 is 0 Å². The maximum Gasteiger partial charge on any atom is 0.308 e. The van der Waals surface area contributed by atoms with Crippen LogP contribution in [0.4, 0.5) is 0 Å². The Labute approximate surface area is 119 Å². The van der Waals surface area contributed by atoms with E-state index in [9.17, 15) is 9.59 Å². The Morgan fingerprint density at radius 2 is 1.95 bits per heavy atom. The van der Waals surface area contributed by atoms with Gasteiger partial charge < -0.3 is 16.2 Å². The van der Waals surface area contributed by atoms with E-state index in [1.807, 2.05) is 37.3 Å². The highest BCUT2D eigenvalue weighted by Crippen LogP contribution is 2.06. The number of benzene rings is 1. The summed E-state index contributed by atoms with van der Waals surface area (Å²) in [6, 6.07) is 8.84. The van der Waals surface area contributed by atoms with Crippen LogP contribution in [-0.2, 0) is 16.0 Å². The predicted octanol–water partition coefficient (Wildman–Crippen LogP) is 1.17. The minimum Gasteiger partial charge on any atom is -0.481 e. The molecule has 0 aliphatic carbocycles. The second-order valence-corrected chi connectivity index (χ2v) is 4.87. The zero-order valence-corrected chi connectivity index (χ0v) is 11.7. The topological polar surface area (TPSA) is 92.4 Å². The highest BCUT2D eigenvalue weighted by atomic mass is 16.4. The third-order valence-electron chi connectivity index (χ3n) is 3.14. The fourth-order valence-corrected chi connectivity index (χ4v) is 1.98. The lowest BCUT2D eigenvalue weighted by molar-refractivity contribution is -0.142. The summed E-state index contributed by atoms with van der Waals surface area (Å²) in [6.45, 7) is 2.05. The maximum atomic E-state index is 11.8. The fraction of sp³-hybridized carbons (Fsp3) is 0.467. The van der Waals surface area contributed by atoms with Gasteiger partial charge in [-0.3, -0.25) is 9.59 Å². The standard InChI is InChI=1S/C15H22N2O3/c1-2-6-12(15(19)20)10-17-14(18)13(16)9-11-7-4-3-5-8-11/h3-5,7-8,12-13H,2,6,9-10,16H2,1H3,(H,17,18)(H,19,20)/t12?,13-/m1/s1. The van der Waals surface area contributed by atoms with Crippen molar-refractivity contribution < 1.29 is 14.7 Å². The van der Waals surface area contributed by atoms with Crippen molar-refractivity contribution in [1.82, 2.24) is 5.32 Å². The van der Waals surface area contributed by atoms with Crippen LogP contribution in [0.15, 0.2) is 30.3 Å². The van der Waals surface area contributed by atoms with Crippen molar-refractivity contribution in [2.75, 3.05) is 6.54 Å². The smallest absolute Gasteiger partial charge is 0.308 e. The molecule has 5 heteroatoms. The van der Waals surface area contributed by atoms with Crippen molar-refractivity contribution in [3.05, 3.63) is 35.9 Å². The van der Waals surface area contributed by atoms with E-state index in [0.29, 0.717) is 12.8 Å². The summed E-state index contributed by atoms with van der Waals surface area (Å²) in [5, 5.41) is 11.6. The summed E-state index contributed by atoms with van der Waals surface area (Å²) in [7, 11) is 0. The van der Waals surface area contributed by atoms with Gasteiger partial charge >= 0.3 is 5.97 Å². The molecular weight excluding hydrogens is 256 g/mol. The van der Waals surface area contributed by atoms with E-state index in [-0.39, 0.29) is 12.5 Å². The van der Waals surface area contributed by atoms with Crippen molar-refractivity contribution in [1.29, 1.82) is 0 Å². The molecule has 1 aromatic carbocycles. The van der Waals surface area contributed by atoms with Gasteiger partial charge in [-0.15, -0.1) is 0 Å². The molecule has 0 bridgehead atoms. The van der Waals surface area contributed by atoms with Crippen LogP contribution >= 0.6 is 0 Å². The molecule has 0 spiro atoms. The van der Waals surface area contributed by atoms with E-state index in [4.69, 9.17) is 10.8 Å². The molecular formula is C15H22N2O3. The van der Waals surface area contributed by atoms with E-state index in [0.717, 1.165) is 12.0 Å². The number of rotatable bonds is 8. The molecule has 1 amide bonds. The van der Waals surface area contributed by atoms with Gasteiger partial charge in [0.1, 0.15) is 0 Å². The minimum atomic E-state index is -0.885. The van der Waals surface area contributed by atoms with E-state index in [2.05, 4.69) is 5.32 Å². The second kappa shape index (κ2) is 8.32. The van der Waals surface area contributed by atoms with Crippen LogP contribution in [0.25, 0.3) is 0 Å². The molecule has 1 aromatic rings. The molecule has 0 aromatic heterocycles. The number of nitrogens with two attached hydrogens (primary N) is 1. The van der Waals surface area contributed by atoms with E-state index in [1.54, 1.807) is 0 Å². The summed E-state index contributed by atoms with van der Waals surface area (Å²) < 4.78 is 0. The van der Waals surface area contributed by atoms with Gasteiger partial charge in [0.05, 0.1) is 12.0 Å². The summed E-state index contributed by atoms with van der Waals surface area (Å²) >= 11 is 0. The lowest BCUT2D eigenvalue weighted by atomic mass is 10.0. The monoisotopic (exact) mass is 278 g/mol. The highest BCUT2D eigenvalue weighted by Gasteiger charge is 2.19. The van der Waals surface area contributed by atoms with Crippen molar-refractivity contribution in [3.63, 3.8) is 0 Å². The Morgan fingerprint density at radius 3 is 2.50 bits per heavy atom. The van der Waals surface area contributed by atoms with E-state index < -0.39 is 17.9 Å². The van der Waals surface area contributed by atoms with E-state index in [1.165, 1.54) is 0 Å². The number of carbonyl (C=O) groups is 2. The van der Waals surface area contributed by atoms with Gasteiger partial charge in [-0.2, -0.15) is 0 Å². The molecule has 0 aliphatic rings. The SMILES string of the molecule is CCCC(CNC(=O)[C@H](N)Cc1ccccc1)C(=O)O. The first-order chi connectivity index (χ1) is 9.54. The number of hydrogen-bond donors (Lipinski definition) is 3. The lowest BCUT2D eigenvalue weighted by Gasteiger charge is -2.15. The van der Waals surface area contributed by atoms with Gasteiger partial charge in [-0.1, -0.05) is 43.7 Å². The molecule has 4 N–H and O–H groups in total. The Bertz CT molecular complexity index is 434. The number of amides is 1. The van der Waals surface area contributed by atoms with Crippen LogP contribution in [0.2, 0.25) is 0 Å². The van der Waals surface area contributed by atoms with Crippen molar-refractivity contribution in [3.8, 4) is 0 Å². The number of carboxylic acids is 1. The summed E-state index contributed by atoms with van der Waals surface area (Å²) in [4.78, 5) is 22.8. The quantitative estimate of drug-likeness (QED) is 0.665. The number of carboxylic acid groups (broad SMARTS) is 1. The number of nitrogens with one attached hydrogen (secondary N) is 1. The first-order valence-corrected chi connectivity index (χ1v) is 6.84. The Morgan fingerprint density at radius 1 is 1.30 bits per heavy atom. The molecule has 0 aliphatic heterocycles. The van der Waals surface area contributed by atoms with Gasteiger partial charge in [0.25, 0.3) is 0 Å². The van der Waals surface area contributed by atoms with Gasteiger partial charge in [-0.25, -0.2) is 0 Å². The summed E-state index contributed by atoms with van der Waals surface area (Å²) in [6.07, 6.45) is 1.75. The predicted molar refractivity (Wildman–Crippen MR) is 77.2 cm³/mol. The molecule has 0 saturated carbocycles. The third-order valence-corrected chi connectivity index (χ3v) is 3.14. The average Bonchev–Trinajstić information content (AvgIpc) is 2.43. The highest BCUT2D eigenvalue weighted by molar-refractivity contribution is 5.82. The minimum absolute atomic E-state index is 0.129. The van der Waals surface area contributed by atoms with Crippen LogP contribution in [0.1, 0.15) is 25.3 Å². The molecule has 1 rings (SSSR count). The van der Waals surface area contributed by atoms with Crippen molar-refractivity contribution >= 4 is 11.9 Å². The molecule has 20 heavy (non-hydrogen) atoms. The number of hydrogen-bond acceptors (Lipinski definition) is 3. The first-order valence-electron chi connectivity index (χ1n) is 6.84. The summed E-state index contributed by atoms with van der Waals surface area (Å²) in [5.74, 6) is -1.74. The van der Waals surface area contributed by atoms with Gasteiger partial charge in [0.2, 0.25) is 5.91 Å². The largest absolute Gasteiger partial charge is 0.481 e. The average molecular weight is 278 g/mol. The molecule has 0 heterocycles. The molecule has 0 fully saturated rings. The normalized spacial score (nSPS) is 13.5. The van der Waals surface area contributed by atoms with Crippen LogP contribution in [0.3, 0.4) is 0 Å². The third kappa shape index (κ3) is 5.40. The molecule has 0 radical (unpaired) electrons. The molecule has 5 nitrogen and oxygen atoms in total. The lowest BCUT2D eigenvalue weighted by Crippen LogP contribution is -2.44. The van der Waals surface area contributed by atoms with Crippen molar-refractivity contribution in [2.45, 2.75) is 32.2 Å². The first kappa shape index (κ1) is 16.2. The summed E-state index contributed by atoms with van der Waals surface area (Å²) in [5.41, 5.74) is 6.81. The van der Waals surface area contributed by atoms with Crippen LogP contribution < -0.4 is 11.1 Å². The van der Waals surface area contributed by atoms with Crippen LogP contribution in [0.5, 0.6) is 0 Å². The van der Waals surface area contributed by atoms with Crippen LogP contribution in [0, 0.1) is 5.92 Å². The number of aliphatic carboxylic acids is 1.